The predicted molar refractivity (Wildman–Crippen MR) is 120 cm³/mol. The van der Waals surface area contributed by atoms with E-state index in [0.29, 0.717) is 30.8 Å². The van der Waals surface area contributed by atoms with E-state index < -0.39 is 11.0 Å². The van der Waals surface area contributed by atoms with Crippen molar-refractivity contribution < 1.29 is 14.2 Å². The van der Waals surface area contributed by atoms with Crippen LogP contribution in [0.25, 0.3) is 10.9 Å². The van der Waals surface area contributed by atoms with Crippen molar-refractivity contribution in [1.29, 1.82) is 5.26 Å². The quantitative estimate of drug-likeness (QED) is 0.569. The van der Waals surface area contributed by atoms with E-state index in [1.54, 1.807) is 12.1 Å². The molecule has 162 valence electrons. The summed E-state index contributed by atoms with van der Waals surface area (Å²) in [5, 5.41) is 22.2. The van der Waals surface area contributed by atoms with Gasteiger partial charge in [-0.05, 0) is 67.6 Å². The minimum absolute atomic E-state index is 0.00800. The Morgan fingerprint density at radius 1 is 1.29 bits per heavy atom. The van der Waals surface area contributed by atoms with Crippen molar-refractivity contribution in [2.75, 3.05) is 6.61 Å². The molecular weight excluding hydrogens is 391 g/mol. The van der Waals surface area contributed by atoms with E-state index in [-0.39, 0.29) is 11.7 Å². The number of aromatic amines is 1. The predicted octanol–water partition coefficient (Wildman–Crippen LogP) is 5.55. The molecule has 1 aromatic heterocycles. The summed E-state index contributed by atoms with van der Waals surface area (Å²) < 4.78 is 19.8. The maximum absolute atomic E-state index is 14.0. The topological polar surface area (TPSA) is 69.0 Å². The Balaban J connectivity index is 1.69. The Bertz CT molecular complexity index is 1180. The Hall–Kier alpha value is -2.84. The summed E-state index contributed by atoms with van der Waals surface area (Å²) in [4.78, 5) is 3.40. The highest BCUT2D eigenvalue weighted by atomic mass is 19.1. The Labute approximate surface area is 182 Å². The summed E-state index contributed by atoms with van der Waals surface area (Å²) in [7, 11) is 0. The minimum atomic E-state index is -0.998. The summed E-state index contributed by atoms with van der Waals surface area (Å²) in [5.41, 5.74) is 2.91. The van der Waals surface area contributed by atoms with Crippen molar-refractivity contribution in [2.45, 2.75) is 58.0 Å². The van der Waals surface area contributed by atoms with Gasteiger partial charge >= 0.3 is 0 Å². The molecule has 1 aliphatic heterocycles. The molecule has 0 fully saturated rings. The van der Waals surface area contributed by atoms with Gasteiger partial charge in [0, 0.05) is 34.0 Å². The molecule has 4 rings (SSSR count). The number of hydrogen-bond donors (Lipinski definition) is 2. The number of aryl methyl sites for hydroxylation is 1. The lowest BCUT2D eigenvalue weighted by Gasteiger charge is -2.43. The number of aromatic nitrogens is 1. The highest BCUT2D eigenvalue weighted by Gasteiger charge is 2.43. The summed E-state index contributed by atoms with van der Waals surface area (Å²) in [6.07, 6.45) is 1.66. The molecule has 1 aliphatic rings. The molecule has 2 heterocycles. The summed E-state index contributed by atoms with van der Waals surface area (Å²) in [6, 6.07) is 12.6. The number of hydrogen-bond acceptors (Lipinski definition) is 3. The number of ether oxygens (including phenoxy) is 1. The van der Waals surface area contributed by atoms with Gasteiger partial charge in [0.05, 0.1) is 23.8 Å². The number of benzene rings is 2. The van der Waals surface area contributed by atoms with E-state index in [9.17, 15) is 14.8 Å². The molecule has 0 bridgehead atoms. The van der Waals surface area contributed by atoms with Crippen molar-refractivity contribution in [3.63, 3.8) is 0 Å². The maximum atomic E-state index is 14.0. The van der Waals surface area contributed by atoms with Gasteiger partial charge in [-0.25, -0.2) is 4.39 Å². The van der Waals surface area contributed by atoms with Crippen LogP contribution in [0.4, 0.5) is 4.39 Å². The van der Waals surface area contributed by atoms with Crippen LogP contribution in [0.15, 0.2) is 36.4 Å². The second-order valence-corrected chi connectivity index (χ2v) is 9.57. The van der Waals surface area contributed by atoms with E-state index in [4.69, 9.17) is 4.74 Å². The highest BCUT2D eigenvalue weighted by molar-refractivity contribution is 5.85. The van der Waals surface area contributed by atoms with Crippen molar-refractivity contribution in [3.05, 3.63) is 64.6 Å². The first kappa shape index (κ1) is 21.4. The summed E-state index contributed by atoms with van der Waals surface area (Å²) in [5.74, 6) is 0.404. The second-order valence-electron chi connectivity index (χ2n) is 9.57. The van der Waals surface area contributed by atoms with Crippen molar-refractivity contribution >= 4 is 10.9 Å². The van der Waals surface area contributed by atoms with E-state index in [2.05, 4.69) is 24.0 Å². The molecule has 3 aromatic rings. The fourth-order valence-electron chi connectivity index (χ4n) is 4.92. The van der Waals surface area contributed by atoms with E-state index in [0.717, 1.165) is 34.1 Å². The Kier molecular flexibility index (Phi) is 5.31. The highest BCUT2D eigenvalue weighted by Crippen LogP contribution is 2.46. The minimum Gasteiger partial charge on any atom is -0.493 e. The molecule has 0 spiro atoms. The molecular formula is C26H29FN2O2. The lowest BCUT2D eigenvalue weighted by molar-refractivity contribution is -0.0361. The van der Waals surface area contributed by atoms with Crippen molar-refractivity contribution in [1.82, 2.24) is 4.98 Å². The lowest BCUT2D eigenvalue weighted by Crippen LogP contribution is -2.45. The van der Waals surface area contributed by atoms with Crippen LogP contribution in [0.5, 0.6) is 5.75 Å². The van der Waals surface area contributed by atoms with Crippen LogP contribution in [0, 0.1) is 30.0 Å². The molecule has 5 heteroatoms. The fourth-order valence-corrected chi connectivity index (χ4v) is 4.92. The Morgan fingerprint density at radius 3 is 2.77 bits per heavy atom. The van der Waals surface area contributed by atoms with Gasteiger partial charge in [-0.3, -0.25) is 0 Å². The van der Waals surface area contributed by atoms with Gasteiger partial charge in [0.2, 0.25) is 0 Å². The molecule has 0 saturated heterocycles. The van der Waals surface area contributed by atoms with Gasteiger partial charge in [-0.2, -0.15) is 5.26 Å². The van der Waals surface area contributed by atoms with Gasteiger partial charge in [0.1, 0.15) is 11.6 Å². The van der Waals surface area contributed by atoms with Gasteiger partial charge in [0.15, 0.2) is 0 Å². The van der Waals surface area contributed by atoms with Crippen LogP contribution < -0.4 is 4.74 Å². The van der Waals surface area contributed by atoms with E-state index in [1.165, 1.54) is 6.07 Å². The first-order valence-corrected chi connectivity index (χ1v) is 10.8. The van der Waals surface area contributed by atoms with Gasteiger partial charge < -0.3 is 14.8 Å². The van der Waals surface area contributed by atoms with Crippen LogP contribution >= 0.6 is 0 Å². The third-order valence-electron chi connectivity index (χ3n) is 6.90. The monoisotopic (exact) mass is 420 g/mol. The molecule has 0 aliphatic carbocycles. The molecule has 0 radical (unpaired) electrons. The molecule has 2 aromatic carbocycles. The normalized spacial score (nSPS) is 20.2. The lowest BCUT2D eigenvalue weighted by atomic mass is 9.66. The van der Waals surface area contributed by atoms with Gasteiger partial charge in [-0.15, -0.1) is 0 Å². The summed E-state index contributed by atoms with van der Waals surface area (Å²) in [6.45, 7) is 8.68. The largest absolute Gasteiger partial charge is 0.493 e. The first-order chi connectivity index (χ1) is 14.6. The molecule has 4 nitrogen and oxygen atoms in total. The van der Waals surface area contributed by atoms with E-state index in [1.807, 2.05) is 32.9 Å². The first-order valence-electron chi connectivity index (χ1n) is 10.8. The second kappa shape index (κ2) is 7.69. The number of nitrogens with one attached hydrogen (secondary N) is 1. The average Bonchev–Trinajstić information content (AvgIpc) is 3.11. The van der Waals surface area contributed by atoms with Crippen molar-refractivity contribution in [2.24, 2.45) is 5.92 Å². The zero-order chi connectivity index (χ0) is 22.4. The molecule has 2 unspecified atom stereocenters. The maximum Gasteiger partial charge on any atom is 0.123 e. The third kappa shape index (κ3) is 3.93. The summed E-state index contributed by atoms with van der Waals surface area (Å²) >= 11 is 0. The number of nitriles is 1. The zero-order valence-corrected chi connectivity index (χ0v) is 18.6. The van der Waals surface area contributed by atoms with Crippen molar-refractivity contribution in [3.8, 4) is 11.8 Å². The standard InChI is InChI=1S/C26H29FN2O2/c1-16(2)26(30,13-20-12-21-17(3)9-18(14-28)10-23(21)29-20)15-25(4)7-8-31-24-6-5-19(27)11-22(24)25/h5-6,9-12,16,29-30H,7-8,13,15H2,1-4H3. The number of rotatable bonds is 5. The van der Waals surface area contributed by atoms with E-state index >= 15 is 0 Å². The van der Waals surface area contributed by atoms with Crippen LogP contribution in [0.3, 0.4) is 0 Å². The molecule has 0 saturated carbocycles. The molecule has 31 heavy (non-hydrogen) atoms. The third-order valence-corrected chi connectivity index (χ3v) is 6.90. The van der Waals surface area contributed by atoms with Crippen LogP contribution in [-0.2, 0) is 11.8 Å². The SMILES string of the molecule is Cc1cc(C#N)cc2[nH]c(CC(O)(CC3(C)CCOc4ccc(F)cc43)C(C)C)cc12. The van der Waals surface area contributed by atoms with Crippen LogP contribution in [-0.4, -0.2) is 22.3 Å². The van der Waals surface area contributed by atoms with Crippen LogP contribution in [0.2, 0.25) is 0 Å². The number of H-pyrrole nitrogens is 1. The Morgan fingerprint density at radius 2 is 2.06 bits per heavy atom. The fraction of sp³-hybridized carbons (Fsp3) is 0.423. The number of halogens is 1. The number of nitrogens with zero attached hydrogens (tertiary/aromatic N) is 1. The smallest absolute Gasteiger partial charge is 0.123 e. The van der Waals surface area contributed by atoms with Crippen LogP contribution in [0.1, 0.15) is 56.0 Å². The van der Waals surface area contributed by atoms with Gasteiger partial charge in [0.25, 0.3) is 0 Å². The zero-order valence-electron chi connectivity index (χ0n) is 18.6. The molecule has 0 amide bonds. The molecule has 2 N–H and O–H groups in total. The number of aliphatic hydroxyl groups is 1. The molecule has 2 atom stereocenters. The number of fused-ring (bicyclic) bond motifs is 2. The van der Waals surface area contributed by atoms with Gasteiger partial charge in [-0.1, -0.05) is 20.8 Å². The average molecular weight is 421 g/mol.